The molecule has 0 radical (unpaired) electrons. The Labute approximate surface area is 170 Å². The van der Waals surface area contributed by atoms with E-state index in [1.165, 1.54) is 28.0 Å². The SMILES string of the molecule is C#C.C[C@H]1C(Sc2nccs2)=C(C(=O)[O-])N2C(=O)[C@H]([C@@H](C)O)C12.[Na+]. The number of carboxylic acids is 1. The van der Waals surface area contributed by atoms with Crippen molar-refractivity contribution in [2.75, 3.05) is 0 Å². The molecule has 1 N–H and O–H groups in total. The van der Waals surface area contributed by atoms with Crippen molar-refractivity contribution >= 4 is 35.0 Å². The molecule has 1 unspecified atom stereocenters. The molecule has 122 valence electrons. The number of hydrogen-bond acceptors (Lipinski definition) is 7. The standard InChI is InChI=1S/C13H14N2O4S2.C2H2.Na/c1-5-8-7(6(2)16)11(17)15(8)9(12(18)19)10(5)21-13-14-3-4-20-13;1-2;/h3-8,16H,1-2H3,(H,18,19);1-2H;/q;;+1/p-1/t5-,6-,7-,8?;;/m1../s1. The van der Waals surface area contributed by atoms with E-state index in [4.69, 9.17) is 0 Å². The second-order valence-corrected chi connectivity index (χ2v) is 7.34. The average Bonchev–Trinajstić information content (AvgIpc) is 3.08. The molecule has 6 nitrogen and oxygen atoms in total. The Kier molecular flexibility index (Phi) is 7.53. The maximum atomic E-state index is 12.1. The summed E-state index contributed by atoms with van der Waals surface area (Å²) in [5.41, 5.74) is -0.0744. The van der Waals surface area contributed by atoms with Gasteiger partial charge in [0.2, 0.25) is 5.91 Å². The molecular weight excluding hydrogens is 359 g/mol. The molecule has 0 saturated carbocycles. The first-order valence-corrected chi connectivity index (χ1v) is 8.50. The number of carbonyl (C=O) groups is 2. The van der Waals surface area contributed by atoms with Gasteiger partial charge in [-0.25, -0.2) is 4.98 Å². The van der Waals surface area contributed by atoms with Crippen LogP contribution in [-0.2, 0) is 9.59 Å². The monoisotopic (exact) mass is 374 g/mol. The van der Waals surface area contributed by atoms with Crippen LogP contribution in [0.3, 0.4) is 0 Å². The van der Waals surface area contributed by atoms with E-state index in [-0.39, 0.29) is 53.1 Å². The van der Waals surface area contributed by atoms with Crippen molar-refractivity contribution < 1.29 is 49.4 Å². The number of β-lactam (4-membered cyclic amide) rings is 1. The summed E-state index contributed by atoms with van der Waals surface area (Å²) in [6.07, 6.45) is 8.85. The number of aliphatic hydroxyl groups excluding tert-OH is 1. The molecule has 9 heteroatoms. The van der Waals surface area contributed by atoms with Gasteiger partial charge < -0.3 is 19.9 Å². The molecule has 2 aliphatic heterocycles. The van der Waals surface area contributed by atoms with Crippen LogP contribution in [0.4, 0.5) is 0 Å². The van der Waals surface area contributed by atoms with Crippen LogP contribution in [0.25, 0.3) is 0 Å². The Balaban J connectivity index is 0.000000925. The van der Waals surface area contributed by atoms with Gasteiger partial charge in [0.05, 0.1) is 29.7 Å². The minimum absolute atomic E-state index is 0. The molecular formula is C15H15N2NaO4S2. The van der Waals surface area contributed by atoms with Gasteiger partial charge in [-0.05, 0) is 6.92 Å². The molecule has 0 aromatic carbocycles. The number of thioether (sulfide) groups is 1. The number of nitrogens with zero attached hydrogens (tertiary/aromatic N) is 2. The van der Waals surface area contributed by atoms with Gasteiger partial charge >= 0.3 is 29.6 Å². The first-order chi connectivity index (χ1) is 10.9. The average molecular weight is 374 g/mol. The maximum absolute atomic E-state index is 12.1. The molecule has 1 aromatic heterocycles. The topological polar surface area (TPSA) is 93.6 Å². The summed E-state index contributed by atoms with van der Waals surface area (Å²) < 4.78 is 0.721. The fourth-order valence-electron chi connectivity index (χ4n) is 3.00. The number of fused-ring (bicyclic) bond motifs is 1. The Morgan fingerprint density at radius 2 is 2.17 bits per heavy atom. The normalized spacial score (nSPS) is 25.8. The van der Waals surface area contributed by atoms with Crippen LogP contribution >= 0.6 is 23.1 Å². The number of aliphatic carboxylic acids is 1. The Morgan fingerprint density at radius 3 is 2.62 bits per heavy atom. The number of amides is 1. The van der Waals surface area contributed by atoms with Gasteiger partial charge in [0.25, 0.3) is 0 Å². The van der Waals surface area contributed by atoms with E-state index in [2.05, 4.69) is 17.8 Å². The van der Waals surface area contributed by atoms with Gasteiger partial charge in [0, 0.05) is 22.4 Å². The largest absolute Gasteiger partial charge is 1.00 e. The van der Waals surface area contributed by atoms with Gasteiger partial charge in [-0.3, -0.25) is 4.79 Å². The predicted octanol–water partition coefficient (Wildman–Crippen LogP) is -2.69. The smallest absolute Gasteiger partial charge is 0.543 e. The Morgan fingerprint density at radius 1 is 1.54 bits per heavy atom. The summed E-state index contributed by atoms with van der Waals surface area (Å²) in [5.74, 6) is -2.43. The van der Waals surface area contributed by atoms with Crippen LogP contribution in [0.2, 0.25) is 0 Å². The number of aromatic nitrogens is 1. The van der Waals surface area contributed by atoms with Crippen LogP contribution < -0.4 is 34.7 Å². The number of hydrogen-bond donors (Lipinski definition) is 1. The molecule has 1 fully saturated rings. The van der Waals surface area contributed by atoms with Crippen LogP contribution in [-0.4, -0.2) is 39.0 Å². The van der Waals surface area contributed by atoms with Gasteiger partial charge in [0.15, 0.2) is 4.34 Å². The minimum Gasteiger partial charge on any atom is -0.543 e. The van der Waals surface area contributed by atoms with E-state index < -0.39 is 18.0 Å². The second-order valence-electron chi connectivity index (χ2n) is 5.15. The van der Waals surface area contributed by atoms with Crippen molar-refractivity contribution in [2.45, 2.75) is 30.3 Å². The fourth-order valence-corrected chi connectivity index (χ4v) is 4.90. The van der Waals surface area contributed by atoms with Gasteiger partial charge in [-0.2, -0.15) is 0 Å². The number of thiazole rings is 1. The van der Waals surface area contributed by atoms with E-state index in [1.807, 2.05) is 6.92 Å². The molecule has 1 saturated heterocycles. The number of carboxylic acid groups (broad SMARTS) is 1. The van der Waals surface area contributed by atoms with E-state index in [0.717, 1.165) is 4.34 Å². The number of terminal acetylenes is 1. The molecule has 1 amide bonds. The number of carbonyl (C=O) groups excluding carboxylic acids is 2. The maximum Gasteiger partial charge on any atom is 1.00 e. The second kappa shape index (κ2) is 8.52. The summed E-state index contributed by atoms with van der Waals surface area (Å²) in [7, 11) is 0. The molecule has 4 atom stereocenters. The number of rotatable bonds is 4. The number of aliphatic hydroxyl groups is 1. The third-order valence-electron chi connectivity index (χ3n) is 3.91. The fraction of sp³-hybridized carbons (Fsp3) is 0.400. The molecule has 24 heavy (non-hydrogen) atoms. The van der Waals surface area contributed by atoms with Crippen molar-refractivity contribution in [1.82, 2.24) is 9.88 Å². The summed E-state index contributed by atoms with van der Waals surface area (Å²) >= 11 is 2.66. The first kappa shape index (κ1) is 21.2. The van der Waals surface area contributed by atoms with E-state index >= 15 is 0 Å². The van der Waals surface area contributed by atoms with Crippen molar-refractivity contribution in [3.05, 3.63) is 22.2 Å². The van der Waals surface area contributed by atoms with E-state index in [9.17, 15) is 19.8 Å². The molecule has 2 aliphatic rings. The zero-order chi connectivity index (χ0) is 17.3. The van der Waals surface area contributed by atoms with Gasteiger partial charge in [-0.15, -0.1) is 24.2 Å². The van der Waals surface area contributed by atoms with E-state index in [0.29, 0.717) is 4.91 Å². The molecule has 0 bridgehead atoms. The van der Waals surface area contributed by atoms with Crippen LogP contribution in [0.1, 0.15) is 13.8 Å². The van der Waals surface area contributed by atoms with Gasteiger partial charge in [-0.1, -0.05) is 18.7 Å². The Bertz CT molecular complexity index is 672. The van der Waals surface area contributed by atoms with Gasteiger partial charge in [0.1, 0.15) is 0 Å². The zero-order valence-corrected chi connectivity index (χ0v) is 17.1. The summed E-state index contributed by atoms with van der Waals surface area (Å²) in [4.78, 5) is 29.5. The first-order valence-electron chi connectivity index (χ1n) is 6.80. The van der Waals surface area contributed by atoms with Crippen molar-refractivity contribution in [3.63, 3.8) is 0 Å². The van der Waals surface area contributed by atoms with Crippen molar-refractivity contribution in [1.29, 1.82) is 0 Å². The Hall–Kier alpha value is -0.820. The predicted molar refractivity (Wildman–Crippen MR) is 84.9 cm³/mol. The molecule has 0 spiro atoms. The quantitative estimate of drug-likeness (QED) is 0.350. The third-order valence-corrected chi connectivity index (χ3v) is 6.08. The van der Waals surface area contributed by atoms with Crippen LogP contribution in [0.5, 0.6) is 0 Å². The minimum atomic E-state index is -1.36. The van der Waals surface area contributed by atoms with Crippen LogP contribution in [0.15, 0.2) is 26.5 Å². The third kappa shape index (κ3) is 3.43. The summed E-state index contributed by atoms with van der Waals surface area (Å²) in [6.45, 7) is 3.42. The van der Waals surface area contributed by atoms with Crippen molar-refractivity contribution in [2.24, 2.45) is 11.8 Å². The molecule has 0 aliphatic carbocycles. The van der Waals surface area contributed by atoms with Crippen molar-refractivity contribution in [3.8, 4) is 12.8 Å². The summed E-state index contributed by atoms with van der Waals surface area (Å²) in [6, 6.07) is -0.312. The van der Waals surface area contributed by atoms with Crippen LogP contribution in [0, 0.1) is 24.7 Å². The summed E-state index contributed by atoms with van der Waals surface area (Å²) in [5, 5.41) is 23.0. The molecule has 3 heterocycles. The zero-order valence-electron chi connectivity index (χ0n) is 13.5. The van der Waals surface area contributed by atoms with E-state index in [1.54, 1.807) is 18.5 Å². The molecule has 1 aromatic rings. The molecule has 3 rings (SSSR count).